The van der Waals surface area contributed by atoms with Crippen LogP contribution < -0.4 is 0 Å². The van der Waals surface area contributed by atoms with E-state index in [1.807, 2.05) is 13.8 Å². The van der Waals surface area contributed by atoms with E-state index >= 15 is 0 Å². The molecule has 2 unspecified atom stereocenters. The Bertz CT molecular complexity index is 204. The van der Waals surface area contributed by atoms with Crippen molar-refractivity contribution in [1.82, 2.24) is 0 Å². The molecule has 1 radical (unpaired) electrons. The Kier molecular flexibility index (Phi) is 9.09. The molecule has 0 aliphatic rings. The number of aliphatic hydroxyl groups is 1. The Morgan fingerprint density at radius 3 is 2.29 bits per heavy atom. The van der Waals surface area contributed by atoms with E-state index in [2.05, 4.69) is 6.92 Å². The summed E-state index contributed by atoms with van der Waals surface area (Å²) in [6, 6.07) is 0. The van der Waals surface area contributed by atoms with E-state index in [1.165, 1.54) is 0 Å². The van der Waals surface area contributed by atoms with Crippen molar-refractivity contribution >= 4 is 5.97 Å². The van der Waals surface area contributed by atoms with Gasteiger partial charge in [-0.3, -0.25) is 0 Å². The van der Waals surface area contributed by atoms with E-state index in [1.54, 1.807) is 0 Å². The molecule has 0 aliphatic heterocycles. The van der Waals surface area contributed by atoms with Crippen molar-refractivity contribution in [3.05, 3.63) is 6.92 Å². The zero-order valence-corrected chi connectivity index (χ0v) is 10.9. The van der Waals surface area contributed by atoms with Crippen molar-refractivity contribution in [2.24, 2.45) is 0 Å². The van der Waals surface area contributed by atoms with E-state index in [-0.39, 0.29) is 6.10 Å². The third-order valence-corrected chi connectivity index (χ3v) is 2.54. The highest BCUT2D eigenvalue weighted by Gasteiger charge is 2.26. The topological polar surface area (TPSA) is 66.8 Å². The van der Waals surface area contributed by atoms with Gasteiger partial charge in [-0.15, -0.1) is 0 Å². The third kappa shape index (κ3) is 8.16. The molecule has 0 rings (SSSR count). The summed E-state index contributed by atoms with van der Waals surface area (Å²) in [5, 5.41) is 18.3. The minimum absolute atomic E-state index is 0.0751. The van der Waals surface area contributed by atoms with Crippen molar-refractivity contribution in [2.45, 2.75) is 70.7 Å². The quantitative estimate of drug-likeness (QED) is 0.580. The maximum atomic E-state index is 10.7. The minimum Gasteiger partial charge on any atom is -0.479 e. The predicted octanol–water partition coefficient (Wildman–Crippen LogP) is 2.40. The van der Waals surface area contributed by atoms with Gasteiger partial charge in [0.15, 0.2) is 6.10 Å². The first-order chi connectivity index (χ1) is 7.99. The van der Waals surface area contributed by atoms with E-state index in [0.717, 1.165) is 32.1 Å². The molecule has 0 aromatic heterocycles. The van der Waals surface area contributed by atoms with Gasteiger partial charge in [0.1, 0.15) is 0 Å². The normalized spacial score (nSPS) is 14.9. The summed E-state index contributed by atoms with van der Waals surface area (Å²) < 4.78 is 5.44. The van der Waals surface area contributed by atoms with Crippen molar-refractivity contribution in [3.63, 3.8) is 0 Å². The Hall–Kier alpha value is -0.610. The van der Waals surface area contributed by atoms with Crippen LogP contribution in [-0.4, -0.2) is 34.5 Å². The maximum Gasteiger partial charge on any atom is 0.335 e. The highest BCUT2D eigenvalue weighted by Crippen LogP contribution is 2.14. The summed E-state index contributed by atoms with van der Waals surface area (Å²) in [6.07, 6.45) is 3.51. The Morgan fingerprint density at radius 1 is 1.24 bits per heavy atom. The van der Waals surface area contributed by atoms with E-state index in [4.69, 9.17) is 9.84 Å². The van der Waals surface area contributed by atoms with Crippen molar-refractivity contribution in [2.75, 3.05) is 0 Å². The van der Waals surface area contributed by atoms with Gasteiger partial charge in [-0.1, -0.05) is 39.0 Å². The van der Waals surface area contributed by atoms with Crippen LogP contribution in [-0.2, 0) is 9.53 Å². The molecule has 0 aromatic rings. The van der Waals surface area contributed by atoms with Gasteiger partial charge in [0.05, 0.1) is 12.2 Å². The van der Waals surface area contributed by atoms with Gasteiger partial charge in [-0.25, -0.2) is 4.79 Å². The van der Waals surface area contributed by atoms with Crippen molar-refractivity contribution in [3.8, 4) is 0 Å². The van der Waals surface area contributed by atoms with Gasteiger partial charge in [0.25, 0.3) is 0 Å². The summed E-state index contributed by atoms with van der Waals surface area (Å²) in [7, 11) is 0. The number of carboxylic acids is 1. The molecule has 0 aliphatic carbocycles. The van der Waals surface area contributed by atoms with Gasteiger partial charge in [-0.05, 0) is 20.3 Å². The molecule has 0 bridgehead atoms. The maximum absolute atomic E-state index is 10.7. The lowest BCUT2D eigenvalue weighted by Crippen LogP contribution is -2.37. The monoisotopic (exact) mass is 245 g/mol. The average molecular weight is 245 g/mol. The van der Waals surface area contributed by atoms with Crippen LogP contribution in [0.25, 0.3) is 0 Å². The Labute approximate surface area is 104 Å². The second-order valence-electron chi connectivity index (χ2n) is 4.56. The number of carbonyl (C=O) groups is 1. The first-order valence-electron chi connectivity index (χ1n) is 6.34. The number of hydrogen-bond acceptors (Lipinski definition) is 3. The number of unbranched alkanes of at least 4 members (excludes halogenated alkanes) is 4. The summed E-state index contributed by atoms with van der Waals surface area (Å²) in [5.74, 6) is -1.21. The number of rotatable bonds is 10. The molecule has 0 saturated heterocycles. The molecule has 0 saturated carbocycles. The van der Waals surface area contributed by atoms with Gasteiger partial charge in [0, 0.05) is 0 Å². The molecule has 4 nitrogen and oxygen atoms in total. The van der Waals surface area contributed by atoms with Crippen LogP contribution >= 0.6 is 0 Å². The van der Waals surface area contributed by atoms with Crippen molar-refractivity contribution < 1.29 is 19.7 Å². The molecule has 0 heterocycles. The number of hydrogen-bond donors (Lipinski definition) is 2. The summed E-state index contributed by atoms with van der Waals surface area (Å²) in [6.45, 7) is 7.44. The fourth-order valence-corrected chi connectivity index (χ4v) is 1.68. The third-order valence-electron chi connectivity index (χ3n) is 2.54. The van der Waals surface area contributed by atoms with Gasteiger partial charge in [-0.2, -0.15) is 0 Å². The van der Waals surface area contributed by atoms with Gasteiger partial charge in [0.2, 0.25) is 0 Å². The van der Waals surface area contributed by atoms with Gasteiger partial charge >= 0.3 is 5.97 Å². The molecule has 0 aromatic carbocycles. The fraction of sp³-hybridized carbons (Fsp3) is 0.846. The number of ether oxygens (including phenoxy) is 1. The zero-order valence-electron chi connectivity index (χ0n) is 10.9. The Morgan fingerprint density at radius 2 is 1.82 bits per heavy atom. The Balaban J connectivity index is 3.97. The van der Waals surface area contributed by atoms with Crippen molar-refractivity contribution in [1.29, 1.82) is 0 Å². The van der Waals surface area contributed by atoms with Crippen LogP contribution in [0.2, 0.25) is 0 Å². The molecule has 2 N–H and O–H groups in total. The highest BCUT2D eigenvalue weighted by atomic mass is 16.5. The molecule has 101 valence electrons. The highest BCUT2D eigenvalue weighted by molar-refractivity contribution is 5.72. The smallest absolute Gasteiger partial charge is 0.335 e. The van der Waals surface area contributed by atoms with Gasteiger partial charge < -0.3 is 14.9 Å². The molecule has 0 fully saturated rings. The molecule has 0 amide bonds. The number of aliphatic carboxylic acids is 1. The molecular weight excluding hydrogens is 220 g/mol. The van der Waals surface area contributed by atoms with Crippen LogP contribution in [0.15, 0.2) is 0 Å². The number of aliphatic hydroxyl groups excluding tert-OH is 1. The lowest BCUT2D eigenvalue weighted by atomic mass is 10.0. The second-order valence-corrected chi connectivity index (χ2v) is 4.56. The lowest BCUT2D eigenvalue weighted by Gasteiger charge is -2.22. The zero-order chi connectivity index (χ0) is 13.3. The van der Waals surface area contributed by atoms with E-state index in [0.29, 0.717) is 6.42 Å². The standard InChI is InChI=1S/C13H25O4/c1-4-5-6-7-8-9-11(17-10(2)3)12(14)13(15)16/h10-12,14H,1,4-9H2,2-3H3,(H,15,16). The van der Waals surface area contributed by atoms with E-state index in [9.17, 15) is 9.90 Å². The molecule has 17 heavy (non-hydrogen) atoms. The van der Waals surface area contributed by atoms with Crippen LogP contribution in [0.4, 0.5) is 0 Å². The molecule has 2 atom stereocenters. The molecular formula is C13H25O4. The minimum atomic E-state index is -1.43. The summed E-state index contributed by atoms with van der Waals surface area (Å²) in [4.78, 5) is 10.7. The number of carboxylic acid groups (broad SMARTS) is 1. The lowest BCUT2D eigenvalue weighted by molar-refractivity contribution is -0.158. The summed E-state index contributed by atoms with van der Waals surface area (Å²) in [5.41, 5.74) is 0. The van der Waals surface area contributed by atoms with Crippen LogP contribution in [0.3, 0.4) is 0 Å². The predicted molar refractivity (Wildman–Crippen MR) is 66.7 cm³/mol. The van der Waals surface area contributed by atoms with Crippen LogP contribution in [0, 0.1) is 6.92 Å². The van der Waals surface area contributed by atoms with E-state index < -0.39 is 18.2 Å². The SMILES string of the molecule is [CH2]CCCCCCC(OC(C)C)C(O)C(=O)O. The summed E-state index contributed by atoms with van der Waals surface area (Å²) >= 11 is 0. The van der Waals surface area contributed by atoms with Crippen LogP contribution in [0.1, 0.15) is 52.4 Å². The fourth-order valence-electron chi connectivity index (χ4n) is 1.68. The first-order valence-corrected chi connectivity index (χ1v) is 6.34. The molecule has 4 heteroatoms. The van der Waals surface area contributed by atoms with Crippen LogP contribution in [0.5, 0.6) is 0 Å². The molecule has 0 spiro atoms. The second kappa shape index (κ2) is 9.42. The largest absolute Gasteiger partial charge is 0.479 e. The average Bonchev–Trinajstić information content (AvgIpc) is 2.25. The first kappa shape index (κ1) is 16.4.